The molecule has 3 heterocycles. The number of rotatable bonds is 7. The lowest BCUT2D eigenvalue weighted by Crippen LogP contribution is -2.39. The van der Waals surface area contributed by atoms with E-state index in [1.165, 1.54) is 6.08 Å². The Bertz CT molecular complexity index is 1560. The molecule has 6 N–H and O–H groups in total. The van der Waals surface area contributed by atoms with Gasteiger partial charge in [0.05, 0.1) is 12.2 Å². The number of likely N-dealkylation sites (N-methyl/N-ethyl adjacent to an activating group) is 1. The van der Waals surface area contributed by atoms with Gasteiger partial charge in [-0.25, -0.2) is 4.98 Å². The van der Waals surface area contributed by atoms with Gasteiger partial charge in [-0.1, -0.05) is 12.1 Å². The standard InChI is InChI=1S/C29H30N6O4/c1-17-22-12-21(38-20-6-3-18(13-30)4-7-20)8-9-25(22)39-26(17)16-35(2)27(36)10-5-19-11-24-28(33-14-19)34-29(37)23(31)15-32-24/h3-12,14,23,32H,13,15-16,30-31H2,1-2H3,(H,33,34,37)/b10-5+/t23-/m0/s1. The molecule has 0 spiro atoms. The number of carbonyl (C=O) groups excluding carboxylic acids is 2. The summed E-state index contributed by atoms with van der Waals surface area (Å²) in [5, 5.41) is 6.71. The largest absolute Gasteiger partial charge is 0.459 e. The number of nitrogens with two attached hydrogens (primary N) is 2. The first-order valence-corrected chi connectivity index (χ1v) is 12.5. The molecule has 0 aliphatic carbocycles. The fourth-order valence-corrected chi connectivity index (χ4v) is 4.21. The maximum Gasteiger partial charge on any atom is 0.246 e. The van der Waals surface area contributed by atoms with Crippen LogP contribution in [0.15, 0.2) is 65.2 Å². The van der Waals surface area contributed by atoms with Gasteiger partial charge in [-0.2, -0.15) is 0 Å². The number of hydrogen-bond donors (Lipinski definition) is 4. The van der Waals surface area contributed by atoms with Crippen LogP contribution in [0.5, 0.6) is 11.5 Å². The Morgan fingerprint density at radius 1 is 1.21 bits per heavy atom. The number of pyridine rings is 1. The van der Waals surface area contributed by atoms with E-state index in [1.807, 2.05) is 49.4 Å². The Morgan fingerprint density at radius 2 is 1.97 bits per heavy atom. The number of nitrogens with one attached hydrogen (secondary N) is 2. The highest BCUT2D eigenvalue weighted by Gasteiger charge is 2.20. The molecule has 2 aromatic heterocycles. The third-order valence-corrected chi connectivity index (χ3v) is 6.58. The minimum Gasteiger partial charge on any atom is -0.459 e. The second kappa shape index (κ2) is 11.0. The summed E-state index contributed by atoms with van der Waals surface area (Å²) in [5.74, 6) is 2.03. The average molecular weight is 527 g/mol. The highest BCUT2D eigenvalue weighted by atomic mass is 16.5. The molecule has 5 rings (SSSR count). The first kappa shape index (κ1) is 26.0. The monoisotopic (exact) mass is 526 g/mol. The van der Waals surface area contributed by atoms with Gasteiger partial charge < -0.3 is 36.2 Å². The summed E-state index contributed by atoms with van der Waals surface area (Å²) >= 11 is 0. The van der Waals surface area contributed by atoms with Crippen molar-refractivity contribution in [3.63, 3.8) is 0 Å². The Morgan fingerprint density at radius 3 is 2.74 bits per heavy atom. The molecule has 2 amide bonds. The van der Waals surface area contributed by atoms with Gasteiger partial charge in [-0.3, -0.25) is 9.59 Å². The molecule has 0 fully saturated rings. The van der Waals surface area contributed by atoms with E-state index < -0.39 is 6.04 Å². The predicted octanol–water partition coefficient (Wildman–Crippen LogP) is 3.75. The fourth-order valence-electron chi connectivity index (χ4n) is 4.21. The molecule has 1 atom stereocenters. The third kappa shape index (κ3) is 5.77. The SMILES string of the molecule is Cc1c(CN(C)C(=O)/C=C/c2cnc3c(c2)NC[C@H](N)C(=O)N3)oc2ccc(Oc3ccc(CN)cc3)cc12. The summed E-state index contributed by atoms with van der Waals surface area (Å²) in [6.45, 7) is 3.04. The van der Waals surface area contributed by atoms with E-state index in [1.54, 1.807) is 30.3 Å². The molecule has 39 heavy (non-hydrogen) atoms. The molecular formula is C29H30N6O4. The zero-order chi connectivity index (χ0) is 27.5. The van der Waals surface area contributed by atoms with Gasteiger partial charge in [0.1, 0.15) is 28.9 Å². The summed E-state index contributed by atoms with van der Waals surface area (Å²) in [6, 6.07) is 14.4. The van der Waals surface area contributed by atoms with Crippen molar-refractivity contribution in [1.82, 2.24) is 9.88 Å². The number of nitrogens with zero attached hydrogens (tertiary/aromatic N) is 2. The van der Waals surface area contributed by atoms with E-state index in [4.69, 9.17) is 20.6 Å². The lowest BCUT2D eigenvalue weighted by Gasteiger charge is -2.14. The number of fused-ring (bicyclic) bond motifs is 2. The summed E-state index contributed by atoms with van der Waals surface area (Å²) in [4.78, 5) is 30.6. The topological polar surface area (TPSA) is 149 Å². The van der Waals surface area contributed by atoms with E-state index in [2.05, 4.69) is 15.6 Å². The lowest BCUT2D eigenvalue weighted by molar-refractivity contribution is -0.125. The van der Waals surface area contributed by atoms with Crippen LogP contribution in [0.3, 0.4) is 0 Å². The van der Waals surface area contributed by atoms with Crippen LogP contribution in [0, 0.1) is 6.92 Å². The maximum atomic E-state index is 12.8. The number of ether oxygens (including phenoxy) is 1. The number of carbonyl (C=O) groups is 2. The van der Waals surface area contributed by atoms with E-state index in [9.17, 15) is 9.59 Å². The zero-order valence-electron chi connectivity index (χ0n) is 21.7. The number of amides is 2. The van der Waals surface area contributed by atoms with Crippen LogP contribution in [0.2, 0.25) is 0 Å². The van der Waals surface area contributed by atoms with Gasteiger partial charge in [0.2, 0.25) is 11.8 Å². The lowest BCUT2D eigenvalue weighted by atomic mass is 10.1. The minimum atomic E-state index is -0.664. The number of aryl methyl sites for hydroxylation is 1. The van der Waals surface area contributed by atoms with Crippen LogP contribution in [-0.2, 0) is 22.7 Å². The Kier molecular flexibility index (Phi) is 7.31. The van der Waals surface area contributed by atoms with Crippen molar-refractivity contribution >= 4 is 40.4 Å². The molecule has 10 nitrogen and oxygen atoms in total. The molecule has 1 aliphatic heterocycles. The predicted molar refractivity (Wildman–Crippen MR) is 150 cm³/mol. The van der Waals surface area contributed by atoms with E-state index in [-0.39, 0.29) is 11.8 Å². The van der Waals surface area contributed by atoms with Crippen LogP contribution in [0.1, 0.15) is 22.5 Å². The van der Waals surface area contributed by atoms with Gasteiger partial charge >= 0.3 is 0 Å². The molecule has 10 heteroatoms. The van der Waals surface area contributed by atoms with Gasteiger partial charge in [-0.15, -0.1) is 0 Å². The third-order valence-electron chi connectivity index (χ3n) is 6.58. The van der Waals surface area contributed by atoms with Crippen molar-refractivity contribution in [3.05, 3.63) is 83.3 Å². The van der Waals surface area contributed by atoms with E-state index in [0.717, 1.165) is 27.8 Å². The fraction of sp³-hybridized carbons (Fsp3) is 0.207. The normalized spacial score (nSPS) is 15.0. The van der Waals surface area contributed by atoms with E-state index >= 15 is 0 Å². The molecule has 2 aromatic carbocycles. The molecule has 0 saturated heterocycles. The quantitative estimate of drug-likeness (QED) is 0.266. The van der Waals surface area contributed by atoms with Crippen LogP contribution in [-0.4, -0.2) is 41.3 Å². The van der Waals surface area contributed by atoms with Gasteiger partial charge in [-0.05, 0) is 60.5 Å². The van der Waals surface area contributed by atoms with Crippen molar-refractivity contribution in [2.24, 2.45) is 11.5 Å². The molecule has 1 aliphatic rings. The van der Waals surface area contributed by atoms with Crippen molar-refractivity contribution < 1.29 is 18.7 Å². The molecular weight excluding hydrogens is 496 g/mol. The molecule has 0 saturated carbocycles. The Labute approximate surface area is 225 Å². The van der Waals surface area contributed by atoms with Crippen LogP contribution in [0.25, 0.3) is 17.0 Å². The first-order chi connectivity index (χ1) is 18.8. The average Bonchev–Trinajstić information content (AvgIpc) is 3.17. The van der Waals surface area contributed by atoms with Crippen molar-refractivity contribution in [2.45, 2.75) is 26.1 Å². The second-order valence-corrected chi connectivity index (χ2v) is 9.43. The van der Waals surface area contributed by atoms with Gasteiger partial charge in [0, 0.05) is 43.4 Å². The van der Waals surface area contributed by atoms with Crippen molar-refractivity contribution in [3.8, 4) is 11.5 Å². The van der Waals surface area contributed by atoms with Gasteiger partial charge in [0.25, 0.3) is 0 Å². The molecule has 0 bridgehead atoms. The van der Waals surface area contributed by atoms with E-state index in [0.29, 0.717) is 48.2 Å². The smallest absolute Gasteiger partial charge is 0.246 e. The number of hydrogen-bond acceptors (Lipinski definition) is 8. The summed E-state index contributed by atoms with van der Waals surface area (Å²) in [6.07, 6.45) is 4.73. The first-order valence-electron chi connectivity index (χ1n) is 12.5. The van der Waals surface area contributed by atoms with Crippen molar-refractivity contribution in [2.75, 3.05) is 24.2 Å². The second-order valence-electron chi connectivity index (χ2n) is 9.43. The van der Waals surface area contributed by atoms with Crippen molar-refractivity contribution in [1.29, 1.82) is 0 Å². The Hall–Kier alpha value is -4.67. The summed E-state index contributed by atoms with van der Waals surface area (Å²) < 4.78 is 12.1. The zero-order valence-corrected chi connectivity index (χ0v) is 21.7. The highest BCUT2D eigenvalue weighted by Crippen LogP contribution is 2.31. The Balaban J connectivity index is 1.25. The number of furan rings is 1. The number of benzene rings is 2. The highest BCUT2D eigenvalue weighted by molar-refractivity contribution is 5.98. The molecule has 200 valence electrons. The van der Waals surface area contributed by atoms with Crippen LogP contribution < -0.4 is 26.8 Å². The molecule has 0 unspecified atom stereocenters. The van der Waals surface area contributed by atoms with Crippen LogP contribution in [0.4, 0.5) is 11.5 Å². The minimum absolute atomic E-state index is 0.196. The van der Waals surface area contributed by atoms with Crippen LogP contribution >= 0.6 is 0 Å². The summed E-state index contributed by atoms with van der Waals surface area (Å²) in [7, 11) is 1.71. The molecule has 4 aromatic rings. The number of anilines is 2. The summed E-state index contributed by atoms with van der Waals surface area (Å²) in [5.41, 5.74) is 15.5. The molecule has 0 radical (unpaired) electrons. The maximum absolute atomic E-state index is 12.8. The van der Waals surface area contributed by atoms with Gasteiger partial charge in [0.15, 0.2) is 5.82 Å². The number of aromatic nitrogens is 1.